The zero-order valence-electron chi connectivity index (χ0n) is 8.74. The van der Waals surface area contributed by atoms with Crippen molar-refractivity contribution in [3.63, 3.8) is 0 Å². The Hall–Kier alpha value is -1.36. The van der Waals surface area contributed by atoms with Crippen LogP contribution in [0.15, 0.2) is 17.2 Å². The molecule has 0 saturated carbocycles. The molecule has 0 spiro atoms. The van der Waals surface area contributed by atoms with E-state index >= 15 is 0 Å². The number of aromatic amines is 1. The average molecular weight is 196 g/mol. The molecule has 2 N–H and O–H groups in total. The molecule has 0 bridgehead atoms. The third kappa shape index (κ3) is 3.18. The number of hydrogen-bond donors (Lipinski definition) is 2. The van der Waals surface area contributed by atoms with Crippen LogP contribution in [0.3, 0.4) is 0 Å². The Labute approximate surface area is 83.2 Å². The molecule has 0 aliphatic rings. The van der Waals surface area contributed by atoms with E-state index in [2.05, 4.69) is 20.2 Å². The summed E-state index contributed by atoms with van der Waals surface area (Å²) in [5.74, 6) is 0.377. The van der Waals surface area contributed by atoms with E-state index in [1.165, 1.54) is 6.20 Å². The summed E-state index contributed by atoms with van der Waals surface area (Å²) in [4.78, 5) is 19.8. The van der Waals surface area contributed by atoms with Crippen molar-refractivity contribution in [2.45, 2.75) is 13.0 Å². The Morgan fingerprint density at radius 3 is 2.93 bits per heavy atom. The van der Waals surface area contributed by atoms with Crippen molar-refractivity contribution in [3.05, 3.63) is 22.7 Å². The SMILES string of the molecule is CC(CN(C)C)Nc1ncc[nH]c1=O. The summed E-state index contributed by atoms with van der Waals surface area (Å²) >= 11 is 0. The highest BCUT2D eigenvalue weighted by Gasteiger charge is 2.06. The lowest BCUT2D eigenvalue weighted by molar-refractivity contribution is 0.391. The molecule has 5 nitrogen and oxygen atoms in total. The Morgan fingerprint density at radius 2 is 2.36 bits per heavy atom. The van der Waals surface area contributed by atoms with Crippen LogP contribution < -0.4 is 10.9 Å². The van der Waals surface area contributed by atoms with Gasteiger partial charge in [-0.3, -0.25) is 4.79 Å². The van der Waals surface area contributed by atoms with Gasteiger partial charge in [-0.15, -0.1) is 0 Å². The average Bonchev–Trinajstić information content (AvgIpc) is 2.07. The fourth-order valence-electron chi connectivity index (χ4n) is 1.28. The van der Waals surface area contributed by atoms with Crippen molar-refractivity contribution in [1.29, 1.82) is 0 Å². The number of aromatic nitrogens is 2. The molecular weight excluding hydrogens is 180 g/mol. The van der Waals surface area contributed by atoms with Gasteiger partial charge in [0.1, 0.15) is 0 Å². The van der Waals surface area contributed by atoms with E-state index in [4.69, 9.17) is 0 Å². The molecule has 1 rings (SSSR count). The van der Waals surface area contributed by atoms with E-state index in [1.807, 2.05) is 21.0 Å². The second kappa shape index (κ2) is 4.76. The molecule has 1 aromatic heterocycles. The molecule has 1 unspecified atom stereocenters. The van der Waals surface area contributed by atoms with Crippen LogP contribution in [0.25, 0.3) is 0 Å². The van der Waals surface area contributed by atoms with Crippen molar-refractivity contribution in [3.8, 4) is 0 Å². The highest BCUT2D eigenvalue weighted by Crippen LogP contribution is 1.95. The van der Waals surface area contributed by atoms with Gasteiger partial charge in [0.2, 0.25) is 0 Å². The predicted molar refractivity (Wildman–Crippen MR) is 56.5 cm³/mol. The summed E-state index contributed by atoms with van der Waals surface area (Å²) in [6.07, 6.45) is 3.08. The molecule has 0 radical (unpaired) electrons. The summed E-state index contributed by atoms with van der Waals surface area (Å²) in [5, 5.41) is 3.04. The van der Waals surface area contributed by atoms with Crippen molar-refractivity contribution >= 4 is 5.82 Å². The van der Waals surface area contributed by atoms with Gasteiger partial charge in [0.15, 0.2) is 5.82 Å². The quantitative estimate of drug-likeness (QED) is 0.718. The molecule has 1 heterocycles. The summed E-state index contributed by atoms with van der Waals surface area (Å²) in [7, 11) is 3.97. The van der Waals surface area contributed by atoms with E-state index in [-0.39, 0.29) is 11.6 Å². The van der Waals surface area contributed by atoms with Gasteiger partial charge < -0.3 is 15.2 Å². The van der Waals surface area contributed by atoms with Crippen LogP contribution >= 0.6 is 0 Å². The zero-order chi connectivity index (χ0) is 10.6. The Balaban J connectivity index is 2.60. The monoisotopic (exact) mass is 196 g/mol. The molecule has 0 amide bonds. The second-order valence-corrected chi connectivity index (χ2v) is 3.57. The Kier molecular flexibility index (Phi) is 3.64. The first-order chi connectivity index (χ1) is 6.59. The first kappa shape index (κ1) is 10.7. The smallest absolute Gasteiger partial charge is 0.290 e. The maximum absolute atomic E-state index is 11.2. The van der Waals surface area contributed by atoms with Gasteiger partial charge >= 0.3 is 0 Å². The number of H-pyrrole nitrogens is 1. The van der Waals surface area contributed by atoms with Gasteiger partial charge in [0.05, 0.1) is 0 Å². The van der Waals surface area contributed by atoms with Crippen molar-refractivity contribution in [2.75, 3.05) is 26.0 Å². The fraction of sp³-hybridized carbons (Fsp3) is 0.556. The molecule has 0 aliphatic carbocycles. The van der Waals surface area contributed by atoms with Gasteiger partial charge in [-0.05, 0) is 21.0 Å². The molecule has 5 heteroatoms. The molecule has 78 valence electrons. The molecule has 1 aromatic rings. The fourth-order valence-corrected chi connectivity index (χ4v) is 1.28. The number of nitrogens with zero attached hydrogens (tertiary/aromatic N) is 2. The van der Waals surface area contributed by atoms with Crippen LogP contribution in [0.2, 0.25) is 0 Å². The minimum atomic E-state index is -0.182. The number of nitrogens with one attached hydrogen (secondary N) is 2. The minimum Gasteiger partial charge on any atom is -0.362 e. The number of hydrogen-bond acceptors (Lipinski definition) is 4. The third-order valence-corrected chi connectivity index (χ3v) is 1.73. The lowest BCUT2D eigenvalue weighted by atomic mass is 10.3. The first-order valence-electron chi connectivity index (χ1n) is 4.54. The molecule has 14 heavy (non-hydrogen) atoms. The third-order valence-electron chi connectivity index (χ3n) is 1.73. The summed E-state index contributed by atoms with van der Waals surface area (Å²) in [5.41, 5.74) is -0.182. The molecule has 0 aromatic carbocycles. The number of likely N-dealkylation sites (N-methyl/N-ethyl adjacent to an activating group) is 1. The van der Waals surface area contributed by atoms with Gasteiger partial charge in [-0.1, -0.05) is 0 Å². The molecule has 1 atom stereocenters. The Bertz CT molecular complexity index is 334. The van der Waals surface area contributed by atoms with Crippen LogP contribution in [0.4, 0.5) is 5.82 Å². The van der Waals surface area contributed by atoms with Crippen molar-refractivity contribution in [2.24, 2.45) is 0 Å². The van der Waals surface area contributed by atoms with Gasteiger partial charge in [0, 0.05) is 25.0 Å². The predicted octanol–water partition coefficient (Wildman–Crippen LogP) is 0.132. The van der Waals surface area contributed by atoms with E-state index in [9.17, 15) is 4.79 Å². The summed E-state index contributed by atoms with van der Waals surface area (Å²) in [6, 6.07) is 0.195. The van der Waals surface area contributed by atoms with Gasteiger partial charge in [-0.25, -0.2) is 4.98 Å². The number of rotatable bonds is 4. The van der Waals surface area contributed by atoms with Crippen molar-refractivity contribution < 1.29 is 0 Å². The van der Waals surface area contributed by atoms with E-state index < -0.39 is 0 Å². The van der Waals surface area contributed by atoms with E-state index in [0.29, 0.717) is 5.82 Å². The minimum absolute atomic E-state index is 0.182. The van der Waals surface area contributed by atoms with E-state index in [1.54, 1.807) is 6.20 Å². The lowest BCUT2D eigenvalue weighted by Gasteiger charge is -2.17. The second-order valence-electron chi connectivity index (χ2n) is 3.57. The Morgan fingerprint density at radius 1 is 1.64 bits per heavy atom. The number of anilines is 1. The summed E-state index contributed by atoms with van der Waals surface area (Å²) < 4.78 is 0. The zero-order valence-corrected chi connectivity index (χ0v) is 8.74. The lowest BCUT2D eigenvalue weighted by Crippen LogP contribution is -2.32. The molecule has 0 aliphatic heterocycles. The van der Waals surface area contributed by atoms with Gasteiger partial charge in [0.25, 0.3) is 5.56 Å². The maximum atomic E-state index is 11.2. The van der Waals surface area contributed by atoms with Gasteiger partial charge in [-0.2, -0.15) is 0 Å². The molecular formula is C9H16N4O. The largest absolute Gasteiger partial charge is 0.362 e. The first-order valence-corrected chi connectivity index (χ1v) is 4.54. The highest BCUT2D eigenvalue weighted by atomic mass is 16.1. The van der Waals surface area contributed by atoms with Crippen LogP contribution in [-0.4, -0.2) is 41.5 Å². The van der Waals surface area contributed by atoms with Crippen LogP contribution in [-0.2, 0) is 0 Å². The topological polar surface area (TPSA) is 61.0 Å². The van der Waals surface area contributed by atoms with Crippen LogP contribution in [0.5, 0.6) is 0 Å². The molecule has 0 saturated heterocycles. The highest BCUT2D eigenvalue weighted by molar-refractivity contribution is 5.31. The summed E-state index contributed by atoms with van der Waals surface area (Å²) in [6.45, 7) is 2.87. The molecule has 0 fully saturated rings. The standard InChI is InChI=1S/C9H16N4O/c1-7(6-13(2)3)12-8-9(14)11-5-4-10-8/h4-5,7H,6H2,1-3H3,(H,10,12)(H,11,14). The maximum Gasteiger partial charge on any atom is 0.290 e. The van der Waals surface area contributed by atoms with Crippen molar-refractivity contribution in [1.82, 2.24) is 14.9 Å². The normalized spacial score (nSPS) is 12.9. The van der Waals surface area contributed by atoms with E-state index in [0.717, 1.165) is 6.54 Å². The van der Waals surface area contributed by atoms with Crippen LogP contribution in [0.1, 0.15) is 6.92 Å². The van der Waals surface area contributed by atoms with Crippen LogP contribution in [0, 0.1) is 0 Å².